The van der Waals surface area contributed by atoms with E-state index in [-0.39, 0.29) is 11.8 Å². The standard InChI is InChI=1S/C20H25N3O2/c1-2-14-21-15-20(25)23-18-11-9-17(10-12-18)22-19(24)13-8-16-6-4-3-5-7-16/h3-7,9-12,21H,2,8,13-15H2,1H3,(H,22,24)(H,23,25). The molecular formula is C20H25N3O2. The summed E-state index contributed by atoms with van der Waals surface area (Å²) >= 11 is 0. The smallest absolute Gasteiger partial charge is 0.238 e. The van der Waals surface area contributed by atoms with Gasteiger partial charge in [0.25, 0.3) is 0 Å². The Balaban J connectivity index is 1.75. The first-order valence-electron chi connectivity index (χ1n) is 8.62. The summed E-state index contributed by atoms with van der Waals surface area (Å²) in [7, 11) is 0. The van der Waals surface area contributed by atoms with Crippen LogP contribution in [-0.4, -0.2) is 24.9 Å². The maximum absolute atomic E-state index is 12.0. The minimum Gasteiger partial charge on any atom is -0.326 e. The molecule has 2 aromatic carbocycles. The van der Waals surface area contributed by atoms with Crippen LogP contribution >= 0.6 is 0 Å². The number of aryl methyl sites for hydroxylation is 1. The second-order valence-electron chi connectivity index (χ2n) is 5.84. The Hall–Kier alpha value is -2.66. The van der Waals surface area contributed by atoms with Crippen LogP contribution in [0.15, 0.2) is 54.6 Å². The van der Waals surface area contributed by atoms with Crippen LogP contribution < -0.4 is 16.0 Å². The maximum atomic E-state index is 12.0. The third-order valence-corrected chi connectivity index (χ3v) is 3.65. The lowest BCUT2D eigenvalue weighted by atomic mass is 10.1. The van der Waals surface area contributed by atoms with Crippen molar-refractivity contribution in [1.82, 2.24) is 5.32 Å². The van der Waals surface area contributed by atoms with Crippen LogP contribution in [0.1, 0.15) is 25.3 Å². The molecule has 0 saturated heterocycles. The summed E-state index contributed by atoms with van der Waals surface area (Å²) in [5.41, 5.74) is 2.58. The van der Waals surface area contributed by atoms with Crippen LogP contribution in [0, 0.1) is 0 Å². The van der Waals surface area contributed by atoms with E-state index in [1.165, 1.54) is 0 Å². The van der Waals surface area contributed by atoms with Crippen LogP contribution in [0.5, 0.6) is 0 Å². The highest BCUT2D eigenvalue weighted by molar-refractivity contribution is 5.93. The zero-order chi connectivity index (χ0) is 17.9. The predicted molar refractivity (Wildman–Crippen MR) is 102 cm³/mol. The molecule has 0 bridgehead atoms. The number of carbonyl (C=O) groups is 2. The largest absolute Gasteiger partial charge is 0.326 e. The maximum Gasteiger partial charge on any atom is 0.238 e. The van der Waals surface area contributed by atoms with Crippen molar-refractivity contribution in [3.63, 3.8) is 0 Å². The molecule has 2 amide bonds. The highest BCUT2D eigenvalue weighted by Gasteiger charge is 2.05. The van der Waals surface area contributed by atoms with E-state index in [1.54, 1.807) is 24.3 Å². The lowest BCUT2D eigenvalue weighted by molar-refractivity contribution is -0.116. The average molecular weight is 339 g/mol. The fourth-order valence-corrected chi connectivity index (χ4v) is 2.35. The number of hydrogen-bond donors (Lipinski definition) is 3. The van der Waals surface area contributed by atoms with Crippen molar-refractivity contribution in [2.45, 2.75) is 26.2 Å². The fraction of sp³-hybridized carbons (Fsp3) is 0.300. The molecule has 0 radical (unpaired) electrons. The minimum absolute atomic E-state index is 0.0237. The van der Waals surface area contributed by atoms with Crippen molar-refractivity contribution in [3.8, 4) is 0 Å². The van der Waals surface area contributed by atoms with Crippen LogP contribution in [0.25, 0.3) is 0 Å². The van der Waals surface area contributed by atoms with Gasteiger partial charge in [0.1, 0.15) is 0 Å². The molecule has 0 aromatic heterocycles. The molecule has 25 heavy (non-hydrogen) atoms. The van der Waals surface area contributed by atoms with Crippen LogP contribution in [0.2, 0.25) is 0 Å². The molecule has 0 unspecified atom stereocenters. The number of benzene rings is 2. The summed E-state index contributed by atoms with van der Waals surface area (Å²) in [5.74, 6) is -0.0995. The number of nitrogens with one attached hydrogen (secondary N) is 3. The Kier molecular flexibility index (Phi) is 7.66. The number of carbonyl (C=O) groups excluding carboxylic acids is 2. The van der Waals surface area contributed by atoms with E-state index in [2.05, 4.69) is 22.9 Å². The van der Waals surface area contributed by atoms with Crippen LogP contribution in [-0.2, 0) is 16.0 Å². The van der Waals surface area contributed by atoms with E-state index in [0.29, 0.717) is 25.1 Å². The van der Waals surface area contributed by atoms with Gasteiger partial charge in [-0.15, -0.1) is 0 Å². The zero-order valence-electron chi connectivity index (χ0n) is 14.5. The molecule has 5 nitrogen and oxygen atoms in total. The van der Waals surface area contributed by atoms with E-state index in [1.807, 2.05) is 30.3 Å². The van der Waals surface area contributed by atoms with Crippen molar-refractivity contribution < 1.29 is 9.59 Å². The molecule has 2 rings (SSSR count). The Bertz CT molecular complexity index is 669. The van der Waals surface area contributed by atoms with E-state index >= 15 is 0 Å². The van der Waals surface area contributed by atoms with Gasteiger partial charge in [-0.2, -0.15) is 0 Å². The van der Waals surface area contributed by atoms with Crippen molar-refractivity contribution in [3.05, 3.63) is 60.2 Å². The summed E-state index contributed by atoms with van der Waals surface area (Å²) in [5, 5.41) is 8.74. The second kappa shape index (κ2) is 10.3. The van der Waals surface area contributed by atoms with Gasteiger partial charge in [0.15, 0.2) is 0 Å². The first-order valence-corrected chi connectivity index (χ1v) is 8.62. The number of anilines is 2. The van der Waals surface area contributed by atoms with Crippen LogP contribution in [0.4, 0.5) is 11.4 Å². The van der Waals surface area contributed by atoms with Crippen LogP contribution in [0.3, 0.4) is 0 Å². The SMILES string of the molecule is CCCNCC(=O)Nc1ccc(NC(=O)CCc2ccccc2)cc1. The van der Waals surface area contributed by atoms with Gasteiger partial charge in [-0.1, -0.05) is 37.3 Å². The second-order valence-corrected chi connectivity index (χ2v) is 5.84. The van der Waals surface area contributed by atoms with Gasteiger partial charge < -0.3 is 16.0 Å². The topological polar surface area (TPSA) is 70.2 Å². The van der Waals surface area contributed by atoms with Crippen molar-refractivity contribution in [2.24, 2.45) is 0 Å². The molecular weight excluding hydrogens is 314 g/mol. The summed E-state index contributed by atoms with van der Waals surface area (Å²) in [4.78, 5) is 23.7. The molecule has 0 aliphatic carbocycles. The molecule has 0 atom stereocenters. The van der Waals surface area contributed by atoms with Crippen molar-refractivity contribution >= 4 is 23.2 Å². The summed E-state index contributed by atoms with van der Waals surface area (Å²) in [6.45, 7) is 3.17. The summed E-state index contributed by atoms with van der Waals surface area (Å²) in [6, 6.07) is 17.1. The normalized spacial score (nSPS) is 10.3. The van der Waals surface area contributed by atoms with E-state index in [9.17, 15) is 9.59 Å². The highest BCUT2D eigenvalue weighted by atomic mass is 16.2. The minimum atomic E-state index is -0.0758. The Labute approximate surface area is 148 Å². The lowest BCUT2D eigenvalue weighted by Gasteiger charge is -2.08. The van der Waals surface area contributed by atoms with Gasteiger partial charge in [-0.25, -0.2) is 0 Å². The van der Waals surface area contributed by atoms with Crippen molar-refractivity contribution in [2.75, 3.05) is 23.7 Å². The number of rotatable bonds is 9. The quantitative estimate of drug-likeness (QED) is 0.615. The average Bonchev–Trinajstić information content (AvgIpc) is 2.63. The molecule has 0 heterocycles. The monoisotopic (exact) mass is 339 g/mol. The third kappa shape index (κ3) is 7.18. The Morgan fingerprint density at radius 3 is 2.04 bits per heavy atom. The molecule has 3 N–H and O–H groups in total. The van der Waals surface area contributed by atoms with Gasteiger partial charge in [0, 0.05) is 17.8 Å². The van der Waals surface area contributed by atoms with Gasteiger partial charge >= 0.3 is 0 Å². The fourth-order valence-electron chi connectivity index (χ4n) is 2.35. The number of amides is 2. The lowest BCUT2D eigenvalue weighted by Crippen LogP contribution is -2.28. The van der Waals surface area contributed by atoms with Gasteiger partial charge in [-0.3, -0.25) is 9.59 Å². The molecule has 0 fully saturated rings. The van der Waals surface area contributed by atoms with Gasteiger partial charge in [0.2, 0.25) is 11.8 Å². The molecule has 0 spiro atoms. The van der Waals surface area contributed by atoms with E-state index in [0.717, 1.165) is 24.2 Å². The first-order chi connectivity index (χ1) is 12.2. The first kappa shape index (κ1) is 18.7. The van der Waals surface area contributed by atoms with E-state index < -0.39 is 0 Å². The molecule has 0 aliphatic rings. The summed E-state index contributed by atoms with van der Waals surface area (Å²) < 4.78 is 0. The molecule has 2 aromatic rings. The van der Waals surface area contributed by atoms with Gasteiger partial charge in [-0.05, 0) is 49.2 Å². The molecule has 5 heteroatoms. The number of hydrogen-bond acceptors (Lipinski definition) is 3. The molecule has 0 aliphatic heterocycles. The molecule has 0 saturated carbocycles. The Morgan fingerprint density at radius 1 is 0.840 bits per heavy atom. The van der Waals surface area contributed by atoms with Gasteiger partial charge in [0.05, 0.1) is 6.54 Å². The molecule has 132 valence electrons. The highest BCUT2D eigenvalue weighted by Crippen LogP contribution is 2.14. The Morgan fingerprint density at radius 2 is 1.44 bits per heavy atom. The zero-order valence-corrected chi connectivity index (χ0v) is 14.5. The predicted octanol–water partition coefficient (Wildman–Crippen LogP) is 3.20. The summed E-state index contributed by atoms with van der Waals surface area (Å²) in [6.07, 6.45) is 2.14. The van der Waals surface area contributed by atoms with Crippen molar-refractivity contribution in [1.29, 1.82) is 0 Å². The third-order valence-electron chi connectivity index (χ3n) is 3.65. The van der Waals surface area contributed by atoms with E-state index in [4.69, 9.17) is 0 Å².